The summed E-state index contributed by atoms with van der Waals surface area (Å²) in [4.78, 5) is 4.13. The van der Waals surface area contributed by atoms with E-state index in [0.717, 1.165) is 26.2 Å². The number of nitrogens with zero attached hydrogens (tertiary/aromatic N) is 2. The van der Waals surface area contributed by atoms with Crippen molar-refractivity contribution in [2.75, 3.05) is 51.6 Å². The van der Waals surface area contributed by atoms with Crippen molar-refractivity contribution >= 4 is 10.1 Å². The minimum Gasteiger partial charge on any atom is -1.00 e. The summed E-state index contributed by atoms with van der Waals surface area (Å²) in [6, 6.07) is 0. The van der Waals surface area contributed by atoms with E-state index < -0.39 is 10.1 Å². The smallest absolute Gasteiger partial charge is 1.00 e. The molecular weight excluding hydrogens is 227 g/mol. The summed E-state index contributed by atoms with van der Waals surface area (Å²) in [6.45, 7) is 4.46. The van der Waals surface area contributed by atoms with E-state index >= 15 is 0 Å². The number of rotatable bonds is 5. The number of hydrogen-bond acceptors (Lipinski definition) is 5. The first-order chi connectivity index (χ1) is 7.01. The van der Waals surface area contributed by atoms with Crippen LogP contribution in [-0.4, -0.2) is 79.5 Å². The molecule has 0 aliphatic carbocycles. The van der Waals surface area contributed by atoms with Crippen molar-refractivity contribution in [3.8, 4) is 0 Å². The molecule has 6 nitrogen and oxygen atoms in total. The first-order valence-electron chi connectivity index (χ1n) is 5.02. The Morgan fingerprint density at radius 2 is 1.50 bits per heavy atom. The van der Waals surface area contributed by atoms with Crippen LogP contribution >= 0.6 is 0 Å². The molecule has 0 unspecified atom stereocenters. The minimum atomic E-state index is -3.84. The standard InChI is InChI=1S/C8H18N2O4S.Li.H/c11-7-5-9-1-3-10(4-2-9)6-8-15(12,13)14;;/h11H,1-8H2,(H,12,13,14);;/q;+1;-1. The molecule has 8 heteroatoms. The fourth-order valence-corrected chi connectivity index (χ4v) is 2.11. The summed E-state index contributed by atoms with van der Waals surface area (Å²) in [5, 5.41) is 8.73. The van der Waals surface area contributed by atoms with Gasteiger partial charge in [-0.25, -0.2) is 0 Å². The maximum atomic E-state index is 10.5. The Balaban J connectivity index is 0. The van der Waals surface area contributed by atoms with Crippen LogP contribution in [0.5, 0.6) is 0 Å². The van der Waals surface area contributed by atoms with Gasteiger partial charge < -0.3 is 6.53 Å². The maximum absolute atomic E-state index is 10.5. The number of hydrogen-bond donors (Lipinski definition) is 2. The molecule has 1 heterocycles. The van der Waals surface area contributed by atoms with Gasteiger partial charge in [-0.2, -0.15) is 8.42 Å². The van der Waals surface area contributed by atoms with Crippen molar-refractivity contribution in [3.05, 3.63) is 0 Å². The maximum Gasteiger partial charge on any atom is 1.00 e. The predicted molar refractivity (Wildman–Crippen MR) is 57.5 cm³/mol. The van der Waals surface area contributed by atoms with Crippen molar-refractivity contribution in [1.29, 1.82) is 0 Å². The molecule has 0 spiro atoms. The zero-order valence-corrected chi connectivity index (χ0v) is 10.5. The van der Waals surface area contributed by atoms with Crippen LogP contribution in [0.15, 0.2) is 0 Å². The summed E-state index contributed by atoms with van der Waals surface area (Å²) < 4.78 is 29.6. The summed E-state index contributed by atoms with van der Waals surface area (Å²) >= 11 is 0. The molecule has 1 aliphatic heterocycles. The van der Waals surface area contributed by atoms with E-state index in [4.69, 9.17) is 9.66 Å². The molecule has 0 bridgehead atoms. The summed E-state index contributed by atoms with van der Waals surface area (Å²) in [7, 11) is -3.84. The Labute approximate surface area is 110 Å². The average molecular weight is 246 g/mol. The van der Waals surface area contributed by atoms with Gasteiger partial charge in [-0.1, -0.05) is 0 Å². The number of piperazine rings is 1. The van der Waals surface area contributed by atoms with Gasteiger partial charge in [0.1, 0.15) is 0 Å². The van der Waals surface area contributed by atoms with Gasteiger partial charge in [-0.3, -0.25) is 14.4 Å². The molecule has 0 aromatic carbocycles. The molecule has 0 amide bonds. The molecule has 1 saturated heterocycles. The number of aliphatic hydroxyl groups is 1. The van der Waals surface area contributed by atoms with Gasteiger partial charge in [0.25, 0.3) is 10.1 Å². The second-order valence-corrected chi connectivity index (χ2v) is 5.27. The fraction of sp³-hybridized carbons (Fsp3) is 1.00. The van der Waals surface area contributed by atoms with Gasteiger partial charge in [0.2, 0.25) is 0 Å². The van der Waals surface area contributed by atoms with Crippen LogP contribution in [0.3, 0.4) is 0 Å². The quantitative estimate of drug-likeness (QED) is 0.376. The third kappa shape index (κ3) is 6.86. The van der Waals surface area contributed by atoms with E-state index in [1.54, 1.807) is 0 Å². The monoisotopic (exact) mass is 246 g/mol. The molecule has 1 fully saturated rings. The number of β-amino-alcohol motifs (C(OH)–C–C–N with tert-alkyl or cyclic N) is 1. The van der Waals surface area contributed by atoms with E-state index in [-0.39, 0.29) is 32.6 Å². The van der Waals surface area contributed by atoms with Crippen molar-refractivity contribution in [2.45, 2.75) is 0 Å². The topological polar surface area (TPSA) is 81.1 Å². The molecular formula is C8H19LiN2O4S. The fourth-order valence-electron chi connectivity index (χ4n) is 1.62. The van der Waals surface area contributed by atoms with Crippen molar-refractivity contribution in [2.24, 2.45) is 0 Å². The zero-order valence-electron chi connectivity index (χ0n) is 10.7. The van der Waals surface area contributed by atoms with Gasteiger partial charge in [0.05, 0.1) is 12.4 Å². The molecule has 0 saturated carbocycles. The minimum absolute atomic E-state index is 0. The van der Waals surface area contributed by atoms with Gasteiger partial charge >= 0.3 is 18.9 Å². The van der Waals surface area contributed by atoms with Gasteiger partial charge in [0, 0.05) is 39.3 Å². The van der Waals surface area contributed by atoms with E-state index in [1.165, 1.54) is 0 Å². The third-order valence-electron chi connectivity index (χ3n) is 2.55. The van der Waals surface area contributed by atoms with Crippen molar-refractivity contribution in [1.82, 2.24) is 9.80 Å². The van der Waals surface area contributed by atoms with Crippen LogP contribution < -0.4 is 18.9 Å². The van der Waals surface area contributed by atoms with Crippen LogP contribution in [0.1, 0.15) is 1.43 Å². The second kappa shape index (κ2) is 7.66. The van der Waals surface area contributed by atoms with Gasteiger partial charge in [-0.05, 0) is 0 Å². The Morgan fingerprint density at radius 1 is 1.06 bits per heavy atom. The Bertz CT molecular complexity index is 283. The third-order valence-corrected chi connectivity index (χ3v) is 3.25. The van der Waals surface area contributed by atoms with Crippen molar-refractivity contribution < 1.29 is 38.4 Å². The molecule has 1 aliphatic rings. The molecule has 0 radical (unpaired) electrons. The molecule has 0 atom stereocenters. The SMILES string of the molecule is O=S(=O)(O)CCN1CCN(CCO)CC1.[H-].[Li+]. The molecule has 16 heavy (non-hydrogen) atoms. The van der Waals surface area contributed by atoms with Crippen LogP contribution in [0.25, 0.3) is 0 Å². The van der Waals surface area contributed by atoms with Crippen LogP contribution in [0.2, 0.25) is 0 Å². The van der Waals surface area contributed by atoms with E-state index in [2.05, 4.69) is 4.90 Å². The van der Waals surface area contributed by atoms with E-state index in [0.29, 0.717) is 13.1 Å². The van der Waals surface area contributed by atoms with Crippen LogP contribution in [0.4, 0.5) is 0 Å². The first kappa shape index (κ1) is 16.4. The largest absolute Gasteiger partial charge is 1.00 e. The predicted octanol–water partition coefficient (Wildman–Crippen LogP) is -4.40. The Morgan fingerprint density at radius 3 is 1.88 bits per heavy atom. The molecule has 92 valence electrons. The van der Waals surface area contributed by atoms with Crippen LogP contribution in [-0.2, 0) is 10.1 Å². The Hall–Kier alpha value is 0.387. The molecule has 2 N–H and O–H groups in total. The van der Waals surface area contributed by atoms with E-state index in [9.17, 15) is 8.42 Å². The number of aliphatic hydroxyl groups excluding tert-OH is 1. The van der Waals surface area contributed by atoms with Crippen LogP contribution in [0, 0.1) is 0 Å². The summed E-state index contributed by atoms with van der Waals surface area (Å²) in [6.07, 6.45) is 0. The van der Waals surface area contributed by atoms with Gasteiger partial charge in [-0.15, -0.1) is 0 Å². The molecule has 0 aromatic heterocycles. The summed E-state index contributed by atoms with van der Waals surface area (Å²) in [5.41, 5.74) is 0. The molecule has 0 aromatic rings. The second-order valence-electron chi connectivity index (χ2n) is 3.69. The van der Waals surface area contributed by atoms with Crippen molar-refractivity contribution in [3.63, 3.8) is 0 Å². The average Bonchev–Trinajstić information content (AvgIpc) is 2.16. The van der Waals surface area contributed by atoms with E-state index in [1.807, 2.05) is 4.90 Å². The molecule has 1 rings (SSSR count). The summed E-state index contributed by atoms with van der Waals surface area (Å²) in [5.74, 6) is -0.201. The Kier molecular flexibility index (Phi) is 7.85. The normalized spacial score (nSPS) is 19.4. The first-order valence-corrected chi connectivity index (χ1v) is 6.63. The zero-order chi connectivity index (χ0) is 11.3. The van der Waals surface area contributed by atoms with Gasteiger partial charge in [0.15, 0.2) is 0 Å².